The number of aliphatic hydroxyl groups excluding tert-OH is 1. The molecule has 1 unspecified atom stereocenters. The van der Waals surface area contributed by atoms with Crippen LogP contribution in [0.15, 0.2) is 42.9 Å². The molecule has 7 nitrogen and oxygen atoms in total. The third-order valence-corrected chi connectivity index (χ3v) is 4.34. The van der Waals surface area contributed by atoms with E-state index >= 15 is 4.39 Å². The minimum atomic E-state index is -1.07. The third kappa shape index (κ3) is 4.12. The van der Waals surface area contributed by atoms with Gasteiger partial charge >= 0.3 is 0 Å². The molecule has 2 N–H and O–H groups in total. The van der Waals surface area contributed by atoms with Gasteiger partial charge in [-0.05, 0) is 19.1 Å². The van der Waals surface area contributed by atoms with Crippen molar-refractivity contribution in [2.45, 2.75) is 13.0 Å². The molecule has 0 amide bonds. The van der Waals surface area contributed by atoms with Crippen LogP contribution in [0.4, 0.5) is 29.1 Å². The van der Waals surface area contributed by atoms with E-state index in [0.29, 0.717) is 17.1 Å². The molecule has 31 heavy (non-hydrogen) atoms. The molecule has 0 aliphatic carbocycles. The summed E-state index contributed by atoms with van der Waals surface area (Å²) in [5.74, 6) is -4.71. The molecule has 11 heteroatoms. The van der Waals surface area contributed by atoms with E-state index in [9.17, 15) is 18.3 Å². The van der Waals surface area contributed by atoms with E-state index in [1.165, 1.54) is 24.3 Å². The van der Waals surface area contributed by atoms with Crippen LogP contribution in [0.25, 0.3) is 11.0 Å². The Kier molecular flexibility index (Phi) is 5.42. The van der Waals surface area contributed by atoms with Gasteiger partial charge in [-0.25, -0.2) is 27.5 Å². The first-order chi connectivity index (χ1) is 14.8. The first kappa shape index (κ1) is 20.5. The molecule has 160 valence electrons. The lowest BCUT2D eigenvalue weighted by Crippen LogP contribution is -2.28. The van der Waals surface area contributed by atoms with Gasteiger partial charge in [0.15, 0.2) is 34.6 Å². The highest BCUT2D eigenvalue weighted by molar-refractivity contribution is 5.88. The number of hydrogen-bond acceptors (Lipinski definition) is 6. The molecule has 1 atom stereocenters. The zero-order valence-electron chi connectivity index (χ0n) is 16.0. The number of rotatable bonds is 6. The quantitative estimate of drug-likeness (QED) is 0.443. The molecule has 0 aliphatic rings. The highest BCUT2D eigenvalue weighted by Crippen LogP contribution is 2.36. The van der Waals surface area contributed by atoms with Gasteiger partial charge in [-0.3, -0.25) is 5.10 Å². The molecule has 2 aromatic carbocycles. The number of H-pyrrole nitrogens is 1. The standard InChI is InChI=1S/C20H15F4N5O2/c1-10(30)8-29(20-12-7-27-28-19(12)25-9-26-20)16-5-15(24)18(6-13(16)22)31-17-3-2-11(21)4-14(17)23/h2-7,9-10,30H,8H2,1H3,(H,25,26,27,28). The van der Waals surface area contributed by atoms with Crippen LogP contribution < -0.4 is 9.64 Å². The number of anilines is 2. The minimum Gasteiger partial charge on any atom is -0.451 e. The van der Waals surface area contributed by atoms with E-state index in [-0.39, 0.29) is 18.1 Å². The summed E-state index contributed by atoms with van der Waals surface area (Å²) in [5, 5.41) is 16.9. The number of aromatic nitrogens is 4. The van der Waals surface area contributed by atoms with E-state index in [2.05, 4.69) is 20.2 Å². The maximum absolute atomic E-state index is 15.0. The Hall–Kier alpha value is -3.73. The van der Waals surface area contributed by atoms with Crippen molar-refractivity contribution in [3.05, 3.63) is 66.1 Å². The van der Waals surface area contributed by atoms with Crippen LogP contribution in [0.5, 0.6) is 11.5 Å². The van der Waals surface area contributed by atoms with Gasteiger partial charge in [-0.1, -0.05) is 0 Å². The summed E-state index contributed by atoms with van der Waals surface area (Å²) in [4.78, 5) is 9.40. The molecule has 0 fully saturated rings. The van der Waals surface area contributed by atoms with E-state index in [0.717, 1.165) is 24.3 Å². The first-order valence-electron chi connectivity index (χ1n) is 9.05. The smallest absolute Gasteiger partial charge is 0.168 e. The summed E-state index contributed by atoms with van der Waals surface area (Å²) < 4.78 is 61.7. The van der Waals surface area contributed by atoms with Gasteiger partial charge in [0.2, 0.25) is 0 Å². The zero-order chi connectivity index (χ0) is 22.1. The Morgan fingerprint density at radius 2 is 1.81 bits per heavy atom. The molecule has 4 rings (SSSR count). The fraction of sp³-hybridized carbons (Fsp3) is 0.150. The number of fused-ring (bicyclic) bond motifs is 1. The van der Waals surface area contributed by atoms with Crippen molar-refractivity contribution in [1.82, 2.24) is 20.2 Å². The summed E-state index contributed by atoms with van der Waals surface area (Å²) in [6, 6.07) is 4.02. The van der Waals surface area contributed by atoms with E-state index < -0.39 is 40.9 Å². The zero-order valence-corrected chi connectivity index (χ0v) is 16.0. The topological polar surface area (TPSA) is 87.2 Å². The summed E-state index contributed by atoms with van der Waals surface area (Å²) in [7, 11) is 0. The SMILES string of the molecule is CC(O)CN(c1cc(F)c(Oc2ccc(F)cc2F)cc1F)c1ncnc2[nH]ncc12. The summed E-state index contributed by atoms with van der Waals surface area (Å²) in [5.41, 5.74) is 0.125. The summed E-state index contributed by atoms with van der Waals surface area (Å²) >= 11 is 0. The maximum Gasteiger partial charge on any atom is 0.168 e. The van der Waals surface area contributed by atoms with Gasteiger partial charge in [-0.2, -0.15) is 5.10 Å². The van der Waals surface area contributed by atoms with Gasteiger partial charge < -0.3 is 14.7 Å². The van der Waals surface area contributed by atoms with Crippen LogP contribution in [0.1, 0.15) is 6.92 Å². The summed E-state index contributed by atoms with van der Waals surface area (Å²) in [6.45, 7) is 1.35. The molecule has 0 saturated heterocycles. The maximum atomic E-state index is 15.0. The highest BCUT2D eigenvalue weighted by Gasteiger charge is 2.23. The molecular formula is C20H15F4N5O2. The molecular weight excluding hydrogens is 418 g/mol. The van der Waals surface area contributed by atoms with Crippen molar-refractivity contribution in [3.8, 4) is 11.5 Å². The lowest BCUT2D eigenvalue weighted by molar-refractivity contribution is 0.202. The lowest BCUT2D eigenvalue weighted by atomic mass is 10.2. The van der Waals surface area contributed by atoms with E-state index in [1.54, 1.807) is 0 Å². The Labute approximate surface area is 172 Å². The summed E-state index contributed by atoms with van der Waals surface area (Å²) in [6.07, 6.45) is 1.71. The van der Waals surface area contributed by atoms with Crippen molar-refractivity contribution in [1.29, 1.82) is 0 Å². The Morgan fingerprint density at radius 1 is 1.03 bits per heavy atom. The van der Waals surface area contributed by atoms with Crippen LogP contribution in [0.3, 0.4) is 0 Å². The van der Waals surface area contributed by atoms with Crippen molar-refractivity contribution >= 4 is 22.5 Å². The van der Waals surface area contributed by atoms with Crippen LogP contribution in [-0.2, 0) is 0 Å². The second-order valence-electron chi connectivity index (χ2n) is 6.70. The Bertz CT molecular complexity index is 1250. The number of benzene rings is 2. The van der Waals surface area contributed by atoms with E-state index in [4.69, 9.17) is 4.74 Å². The van der Waals surface area contributed by atoms with Gasteiger partial charge in [0.25, 0.3) is 0 Å². The number of halogens is 4. The van der Waals surface area contributed by atoms with Crippen LogP contribution in [0.2, 0.25) is 0 Å². The van der Waals surface area contributed by atoms with Crippen molar-refractivity contribution in [2.75, 3.05) is 11.4 Å². The largest absolute Gasteiger partial charge is 0.451 e. The minimum absolute atomic E-state index is 0.125. The molecule has 0 saturated carbocycles. The van der Waals surface area contributed by atoms with Crippen LogP contribution >= 0.6 is 0 Å². The number of hydrogen-bond donors (Lipinski definition) is 2. The van der Waals surface area contributed by atoms with E-state index in [1.807, 2.05) is 0 Å². The number of ether oxygens (including phenoxy) is 1. The van der Waals surface area contributed by atoms with Crippen molar-refractivity contribution in [2.24, 2.45) is 0 Å². The van der Waals surface area contributed by atoms with Gasteiger partial charge in [0.05, 0.1) is 29.9 Å². The number of aliphatic hydroxyl groups is 1. The second-order valence-corrected chi connectivity index (χ2v) is 6.70. The highest BCUT2D eigenvalue weighted by atomic mass is 19.1. The normalized spacial score (nSPS) is 12.2. The first-order valence-corrected chi connectivity index (χ1v) is 9.05. The fourth-order valence-electron chi connectivity index (χ4n) is 3.01. The monoisotopic (exact) mass is 433 g/mol. The molecule has 0 aliphatic heterocycles. The van der Waals surface area contributed by atoms with Crippen LogP contribution in [0, 0.1) is 23.3 Å². The molecule has 0 bridgehead atoms. The number of nitrogens with one attached hydrogen (secondary N) is 1. The lowest BCUT2D eigenvalue weighted by Gasteiger charge is -2.26. The molecule has 0 radical (unpaired) electrons. The number of nitrogens with zero attached hydrogens (tertiary/aromatic N) is 4. The molecule has 4 aromatic rings. The number of aromatic amines is 1. The average molecular weight is 433 g/mol. The van der Waals surface area contributed by atoms with Crippen molar-refractivity contribution in [3.63, 3.8) is 0 Å². The van der Waals surface area contributed by atoms with Gasteiger partial charge in [0, 0.05) is 18.2 Å². The Balaban J connectivity index is 1.76. The molecule has 2 aromatic heterocycles. The molecule has 2 heterocycles. The van der Waals surface area contributed by atoms with Gasteiger partial charge in [0.1, 0.15) is 18.0 Å². The third-order valence-electron chi connectivity index (χ3n) is 4.34. The molecule has 0 spiro atoms. The Morgan fingerprint density at radius 3 is 2.55 bits per heavy atom. The predicted octanol–water partition coefficient (Wildman–Crippen LogP) is 4.22. The van der Waals surface area contributed by atoms with Gasteiger partial charge in [-0.15, -0.1) is 0 Å². The fourth-order valence-corrected chi connectivity index (χ4v) is 3.01. The predicted molar refractivity (Wildman–Crippen MR) is 103 cm³/mol. The second kappa shape index (κ2) is 8.19. The van der Waals surface area contributed by atoms with Crippen molar-refractivity contribution < 1.29 is 27.4 Å². The average Bonchev–Trinajstić information content (AvgIpc) is 3.19. The van der Waals surface area contributed by atoms with Crippen LogP contribution in [-0.4, -0.2) is 37.9 Å².